The average molecular weight is 254 g/mol. The van der Waals surface area contributed by atoms with Gasteiger partial charge in [0.1, 0.15) is 0 Å². The van der Waals surface area contributed by atoms with Crippen molar-refractivity contribution in [3.8, 4) is 0 Å². The third-order valence-corrected chi connectivity index (χ3v) is 3.75. The number of anilines is 1. The van der Waals surface area contributed by atoms with Crippen molar-refractivity contribution in [1.82, 2.24) is 9.97 Å². The summed E-state index contributed by atoms with van der Waals surface area (Å²) < 4.78 is 0. The van der Waals surface area contributed by atoms with E-state index < -0.39 is 0 Å². The van der Waals surface area contributed by atoms with Crippen molar-refractivity contribution >= 4 is 17.5 Å². The molecule has 17 heavy (non-hydrogen) atoms. The molecule has 3 nitrogen and oxygen atoms in total. The molecule has 0 saturated heterocycles. The first kappa shape index (κ1) is 12.6. The van der Waals surface area contributed by atoms with Gasteiger partial charge in [0.25, 0.3) is 0 Å². The Morgan fingerprint density at radius 1 is 1.24 bits per heavy atom. The first-order valence-electron chi connectivity index (χ1n) is 6.37. The molecular formula is C13H20ClN3. The second kappa shape index (κ2) is 6.20. The number of rotatable bonds is 4. The van der Waals surface area contributed by atoms with Gasteiger partial charge < -0.3 is 4.90 Å². The quantitative estimate of drug-likeness (QED) is 0.772. The second-order valence-electron chi connectivity index (χ2n) is 4.91. The van der Waals surface area contributed by atoms with Crippen LogP contribution in [0, 0.1) is 5.92 Å². The summed E-state index contributed by atoms with van der Waals surface area (Å²) in [6.45, 7) is 1.07. The van der Waals surface area contributed by atoms with Crippen molar-refractivity contribution in [3.05, 3.63) is 18.0 Å². The number of aromatic nitrogens is 2. The first-order valence-corrected chi connectivity index (χ1v) is 6.91. The lowest BCUT2D eigenvalue weighted by molar-refractivity contribution is 0.361. The molecule has 0 unspecified atom stereocenters. The molecule has 0 aliphatic heterocycles. The summed E-state index contributed by atoms with van der Waals surface area (Å²) >= 11 is 5.72. The van der Waals surface area contributed by atoms with Crippen molar-refractivity contribution in [3.63, 3.8) is 0 Å². The summed E-state index contributed by atoms with van der Waals surface area (Å²) in [4.78, 5) is 10.9. The summed E-state index contributed by atoms with van der Waals surface area (Å²) in [5.41, 5.74) is 0.974. The van der Waals surface area contributed by atoms with Crippen molar-refractivity contribution in [2.24, 2.45) is 5.92 Å². The molecule has 0 bridgehead atoms. The van der Waals surface area contributed by atoms with E-state index >= 15 is 0 Å². The maximum Gasteiger partial charge on any atom is 0.225 e. The van der Waals surface area contributed by atoms with Gasteiger partial charge in [-0.05, 0) is 18.8 Å². The van der Waals surface area contributed by atoms with Gasteiger partial charge in [0.2, 0.25) is 5.95 Å². The van der Waals surface area contributed by atoms with Gasteiger partial charge in [-0.3, -0.25) is 0 Å². The zero-order valence-corrected chi connectivity index (χ0v) is 11.2. The zero-order chi connectivity index (χ0) is 12.1. The van der Waals surface area contributed by atoms with Gasteiger partial charge in [-0.25, -0.2) is 9.97 Å². The Bertz CT molecular complexity index is 333. The van der Waals surface area contributed by atoms with E-state index in [-0.39, 0.29) is 0 Å². The zero-order valence-electron chi connectivity index (χ0n) is 10.4. The van der Waals surface area contributed by atoms with Crippen LogP contribution in [0.1, 0.15) is 37.7 Å². The van der Waals surface area contributed by atoms with Crippen molar-refractivity contribution in [1.29, 1.82) is 0 Å². The molecule has 0 radical (unpaired) electrons. The summed E-state index contributed by atoms with van der Waals surface area (Å²) in [6, 6.07) is 0. The maximum absolute atomic E-state index is 5.72. The minimum Gasteiger partial charge on any atom is -0.344 e. The van der Waals surface area contributed by atoms with Crippen LogP contribution in [0.4, 0.5) is 5.95 Å². The summed E-state index contributed by atoms with van der Waals surface area (Å²) in [7, 11) is 2.07. The SMILES string of the molecule is CN(CC1CCCCC1)c1ncc(CCl)cn1. The Labute approximate surface area is 108 Å². The summed E-state index contributed by atoms with van der Waals surface area (Å²) in [6.07, 6.45) is 10.5. The molecule has 94 valence electrons. The van der Waals surface area contributed by atoms with Gasteiger partial charge in [-0.15, -0.1) is 11.6 Å². The normalized spacial score (nSPS) is 17.1. The minimum atomic E-state index is 0.479. The molecule has 1 aromatic heterocycles. The first-order chi connectivity index (χ1) is 8.29. The van der Waals surface area contributed by atoms with E-state index in [1.807, 2.05) is 12.4 Å². The van der Waals surface area contributed by atoms with Crippen LogP contribution in [0.25, 0.3) is 0 Å². The lowest BCUT2D eigenvalue weighted by Crippen LogP contribution is -2.28. The summed E-state index contributed by atoms with van der Waals surface area (Å²) in [5.74, 6) is 2.10. The number of nitrogens with zero attached hydrogens (tertiary/aromatic N) is 3. The lowest BCUT2D eigenvalue weighted by Gasteiger charge is -2.26. The Morgan fingerprint density at radius 2 is 1.88 bits per heavy atom. The molecule has 0 atom stereocenters. The standard InChI is InChI=1S/C13H20ClN3/c1-17(10-11-5-3-2-4-6-11)13-15-8-12(7-14)9-16-13/h8-9,11H,2-7,10H2,1H3. The van der Waals surface area contributed by atoms with Gasteiger partial charge >= 0.3 is 0 Å². The van der Waals surface area contributed by atoms with E-state index in [2.05, 4.69) is 21.9 Å². The maximum atomic E-state index is 5.72. The molecule has 1 fully saturated rings. The molecule has 4 heteroatoms. The van der Waals surface area contributed by atoms with Gasteiger partial charge in [-0.1, -0.05) is 19.3 Å². The third kappa shape index (κ3) is 3.56. The highest BCUT2D eigenvalue weighted by molar-refractivity contribution is 6.17. The Morgan fingerprint density at radius 3 is 2.47 bits per heavy atom. The average Bonchev–Trinajstić information content (AvgIpc) is 2.40. The van der Waals surface area contributed by atoms with E-state index in [1.54, 1.807) is 0 Å². The van der Waals surface area contributed by atoms with Crippen LogP contribution in [0.2, 0.25) is 0 Å². The monoisotopic (exact) mass is 253 g/mol. The number of alkyl halides is 1. The Kier molecular flexibility index (Phi) is 4.60. The summed E-state index contributed by atoms with van der Waals surface area (Å²) in [5, 5.41) is 0. The van der Waals surface area contributed by atoms with Gasteiger partial charge in [-0.2, -0.15) is 0 Å². The fraction of sp³-hybridized carbons (Fsp3) is 0.692. The van der Waals surface area contributed by atoms with Gasteiger partial charge in [0, 0.05) is 31.5 Å². The molecule has 2 rings (SSSR count). The van der Waals surface area contributed by atoms with Gasteiger partial charge in [0.05, 0.1) is 5.88 Å². The van der Waals surface area contributed by atoms with Crippen molar-refractivity contribution < 1.29 is 0 Å². The molecule has 1 aromatic rings. The topological polar surface area (TPSA) is 29.0 Å². The fourth-order valence-corrected chi connectivity index (χ4v) is 2.59. The van der Waals surface area contributed by atoms with E-state index in [1.165, 1.54) is 32.1 Å². The molecular weight excluding hydrogens is 234 g/mol. The van der Waals surface area contributed by atoms with Crippen LogP contribution in [-0.2, 0) is 5.88 Å². The Hall–Kier alpha value is -0.830. The molecule has 0 amide bonds. The van der Waals surface area contributed by atoms with Crippen molar-refractivity contribution in [2.45, 2.75) is 38.0 Å². The molecule has 1 saturated carbocycles. The fourth-order valence-electron chi connectivity index (χ4n) is 2.45. The molecule has 1 aliphatic carbocycles. The third-order valence-electron chi connectivity index (χ3n) is 3.44. The molecule has 0 spiro atoms. The van der Waals surface area contributed by atoms with Crippen LogP contribution in [0.15, 0.2) is 12.4 Å². The molecule has 0 aromatic carbocycles. The molecule has 1 aliphatic rings. The van der Waals surface area contributed by atoms with Crippen LogP contribution >= 0.6 is 11.6 Å². The van der Waals surface area contributed by atoms with E-state index in [0.717, 1.165) is 24.0 Å². The minimum absolute atomic E-state index is 0.479. The highest BCUT2D eigenvalue weighted by Crippen LogP contribution is 2.24. The number of hydrogen-bond acceptors (Lipinski definition) is 3. The van der Waals surface area contributed by atoms with Crippen LogP contribution in [-0.4, -0.2) is 23.6 Å². The van der Waals surface area contributed by atoms with E-state index in [0.29, 0.717) is 5.88 Å². The van der Waals surface area contributed by atoms with Gasteiger partial charge in [0.15, 0.2) is 0 Å². The number of halogens is 1. The number of hydrogen-bond donors (Lipinski definition) is 0. The predicted molar refractivity (Wildman–Crippen MR) is 71.4 cm³/mol. The van der Waals surface area contributed by atoms with E-state index in [4.69, 9.17) is 11.6 Å². The Balaban J connectivity index is 1.91. The molecule has 1 heterocycles. The highest BCUT2D eigenvalue weighted by Gasteiger charge is 2.16. The smallest absolute Gasteiger partial charge is 0.225 e. The highest BCUT2D eigenvalue weighted by atomic mass is 35.5. The largest absolute Gasteiger partial charge is 0.344 e. The van der Waals surface area contributed by atoms with E-state index in [9.17, 15) is 0 Å². The van der Waals surface area contributed by atoms with Crippen LogP contribution < -0.4 is 4.90 Å². The van der Waals surface area contributed by atoms with Crippen molar-refractivity contribution in [2.75, 3.05) is 18.5 Å². The van der Waals surface area contributed by atoms with Crippen LogP contribution in [0.5, 0.6) is 0 Å². The molecule has 0 N–H and O–H groups in total. The lowest BCUT2D eigenvalue weighted by atomic mass is 9.89. The second-order valence-corrected chi connectivity index (χ2v) is 5.18. The predicted octanol–water partition coefficient (Wildman–Crippen LogP) is 3.23. The van der Waals surface area contributed by atoms with Crippen LogP contribution in [0.3, 0.4) is 0 Å².